The fourth-order valence-electron chi connectivity index (χ4n) is 3.35. The van der Waals surface area contributed by atoms with Crippen molar-refractivity contribution in [1.29, 1.82) is 0 Å². The summed E-state index contributed by atoms with van der Waals surface area (Å²) in [6, 6.07) is 21.9. The van der Waals surface area contributed by atoms with Gasteiger partial charge in [-0.3, -0.25) is 4.79 Å². The number of hydrogen-bond acceptors (Lipinski definition) is 6. The highest BCUT2D eigenvalue weighted by Crippen LogP contribution is 2.31. The summed E-state index contributed by atoms with van der Waals surface area (Å²) in [5.74, 6) is 1.72. The summed E-state index contributed by atoms with van der Waals surface area (Å²) >= 11 is 0. The number of carbonyl (C=O) groups excluding carboxylic acids is 1. The fourth-order valence-corrected chi connectivity index (χ4v) is 3.35. The number of benzene rings is 3. The van der Waals surface area contributed by atoms with E-state index in [4.69, 9.17) is 9.47 Å². The second-order valence-electron chi connectivity index (χ2n) is 7.00. The van der Waals surface area contributed by atoms with Crippen molar-refractivity contribution in [2.75, 3.05) is 7.11 Å². The van der Waals surface area contributed by atoms with Crippen molar-refractivity contribution in [3.63, 3.8) is 0 Å². The zero-order chi connectivity index (χ0) is 21.9. The highest BCUT2D eigenvalue weighted by atomic mass is 16.5. The molecule has 0 radical (unpaired) electrons. The number of nitrogens with zero attached hydrogens (tertiary/aromatic N) is 3. The first-order valence-electron chi connectivity index (χ1n) is 9.94. The average Bonchev–Trinajstić information content (AvgIpc) is 3.29. The van der Waals surface area contributed by atoms with Crippen molar-refractivity contribution in [2.24, 2.45) is 0 Å². The Balaban J connectivity index is 1.39. The Morgan fingerprint density at radius 2 is 1.69 bits per heavy atom. The third-order valence-corrected chi connectivity index (χ3v) is 4.94. The van der Waals surface area contributed by atoms with Gasteiger partial charge < -0.3 is 14.5 Å². The number of ketones is 1. The smallest absolute Gasteiger partial charge is 0.246 e. The van der Waals surface area contributed by atoms with Gasteiger partial charge in [-0.25, -0.2) is 15.0 Å². The van der Waals surface area contributed by atoms with Crippen LogP contribution >= 0.6 is 0 Å². The van der Waals surface area contributed by atoms with E-state index in [2.05, 4.69) is 19.9 Å². The summed E-state index contributed by atoms with van der Waals surface area (Å²) in [7, 11) is 1.61. The third kappa shape index (κ3) is 3.79. The topological polar surface area (TPSA) is 90.0 Å². The van der Waals surface area contributed by atoms with E-state index in [0.717, 1.165) is 16.6 Å². The molecule has 0 atom stereocenters. The number of nitrogens with one attached hydrogen (secondary N) is 1. The Morgan fingerprint density at radius 3 is 2.50 bits per heavy atom. The number of carbonyl (C=O) groups is 1. The van der Waals surface area contributed by atoms with Gasteiger partial charge in [0, 0.05) is 23.5 Å². The maximum Gasteiger partial charge on any atom is 0.246 e. The van der Waals surface area contributed by atoms with Gasteiger partial charge in [0.1, 0.15) is 17.2 Å². The second-order valence-corrected chi connectivity index (χ2v) is 7.00. The number of imidazole rings is 1. The monoisotopic (exact) mass is 422 g/mol. The minimum Gasteiger partial charge on any atom is -0.497 e. The molecule has 1 N–H and O–H groups in total. The molecule has 32 heavy (non-hydrogen) atoms. The van der Waals surface area contributed by atoms with E-state index in [0.29, 0.717) is 34.5 Å². The van der Waals surface area contributed by atoms with Crippen LogP contribution in [0.5, 0.6) is 17.4 Å². The van der Waals surface area contributed by atoms with E-state index >= 15 is 0 Å². The lowest BCUT2D eigenvalue weighted by Gasteiger charge is -2.10. The molecular weight excluding hydrogens is 404 g/mol. The zero-order valence-corrected chi connectivity index (χ0v) is 17.1. The van der Waals surface area contributed by atoms with Crippen LogP contribution in [-0.4, -0.2) is 32.8 Å². The molecule has 0 aliphatic heterocycles. The molecule has 2 aromatic heterocycles. The Labute approximate surface area is 183 Å². The Hall–Kier alpha value is -4.52. The Morgan fingerprint density at radius 1 is 0.875 bits per heavy atom. The number of aromatic nitrogens is 4. The van der Waals surface area contributed by atoms with E-state index in [1.54, 1.807) is 43.8 Å². The van der Waals surface area contributed by atoms with Gasteiger partial charge in [-0.15, -0.1) is 0 Å². The molecule has 7 heteroatoms. The first-order valence-corrected chi connectivity index (χ1v) is 9.94. The van der Waals surface area contributed by atoms with Gasteiger partial charge in [-0.05, 0) is 48.5 Å². The predicted molar refractivity (Wildman–Crippen MR) is 120 cm³/mol. The van der Waals surface area contributed by atoms with E-state index in [1.165, 1.54) is 0 Å². The molecule has 0 amide bonds. The van der Waals surface area contributed by atoms with Crippen LogP contribution in [0.1, 0.15) is 16.2 Å². The number of para-hydroxylation sites is 2. The summed E-state index contributed by atoms with van der Waals surface area (Å²) in [4.78, 5) is 29.0. The molecule has 0 aliphatic carbocycles. The van der Waals surface area contributed by atoms with Crippen LogP contribution in [0.15, 0.2) is 85.2 Å². The number of rotatable bonds is 6. The molecule has 5 aromatic rings. The van der Waals surface area contributed by atoms with Crippen LogP contribution in [0, 0.1) is 0 Å². The van der Waals surface area contributed by atoms with Crippen molar-refractivity contribution in [1.82, 2.24) is 19.9 Å². The molecule has 0 saturated heterocycles. The van der Waals surface area contributed by atoms with Crippen molar-refractivity contribution in [3.8, 4) is 28.6 Å². The minimum atomic E-state index is -0.190. The van der Waals surface area contributed by atoms with E-state index in [-0.39, 0.29) is 5.78 Å². The molecule has 0 unspecified atom stereocenters. The standard InChI is InChI=1S/C25H18N4O3/c1-31-19-6-4-5-17(15-19)22-25(27-14-13-26-22)32-18-11-9-16(10-12-18)23(30)24-28-20-7-2-3-8-21(20)29-24/h2-15H,1H3,(H,28,29). The van der Waals surface area contributed by atoms with Gasteiger partial charge in [0.15, 0.2) is 5.82 Å². The van der Waals surface area contributed by atoms with Crippen LogP contribution in [0.25, 0.3) is 22.3 Å². The lowest BCUT2D eigenvalue weighted by atomic mass is 10.1. The van der Waals surface area contributed by atoms with Crippen LogP contribution < -0.4 is 9.47 Å². The molecule has 0 bridgehead atoms. The third-order valence-electron chi connectivity index (χ3n) is 4.94. The lowest BCUT2D eigenvalue weighted by molar-refractivity contribution is 0.103. The van der Waals surface area contributed by atoms with E-state index in [9.17, 15) is 4.79 Å². The highest BCUT2D eigenvalue weighted by Gasteiger charge is 2.15. The van der Waals surface area contributed by atoms with E-state index in [1.807, 2.05) is 48.5 Å². The molecule has 5 rings (SSSR count). The zero-order valence-electron chi connectivity index (χ0n) is 17.1. The molecule has 2 heterocycles. The van der Waals surface area contributed by atoms with Gasteiger partial charge in [0.2, 0.25) is 11.7 Å². The Bertz CT molecular complexity index is 1380. The van der Waals surface area contributed by atoms with Crippen molar-refractivity contribution < 1.29 is 14.3 Å². The molecule has 3 aromatic carbocycles. The minimum absolute atomic E-state index is 0.190. The first-order chi connectivity index (χ1) is 15.7. The highest BCUT2D eigenvalue weighted by molar-refractivity contribution is 6.08. The van der Waals surface area contributed by atoms with Crippen LogP contribution in [-0.2, 0) is 0 Å². The fraction of sp³-hybridized carbons (Fsp3) is 0.0400. The Kier molecular flexibility index (Phi) is 5.05. The lowest BCUT2D eigenvalue weighted by Crippen LogP contribution is -2.03. The van der Waals surface area contributed by atoms with Crippen molar-refractivity contribution in [3.05, 3.63) is 96.6 Å². The summed E-state index contributed by atoms with van der Waals surface area (Å²) in [6.07, 6.45) is 3.18. The molecule has 0 spiro atoms. The normalized spacial score (nSPS) is 10.8. The molecule has 7 nitrogen and oxygen atoms in total. The molecule has 156 valence electrons. The summed E-state index contributed by atoms with van der Waals surface area (Å²) < 4.78 is 11.3. The number of hydrogen-bond donors (Lipinski definition) is 1. The van der Waals surface area contributed by atoms with Gasteiger partial charge in [-0.1, -0.05) is 24.3 Å². The summed E-state index contributed by atoms with van der Waals surface area (Å²) in [5.41, 5.74) is 3.49. The number of H-pyrrole nitrogens is 1. The van der Waals surface area contributed by atoms with Gasteiger partial charge in [-0.2, -0.15) is 0 Å². The number of ether oxygens (including phenoxy) is 2. The SMILES string of the molecule is COc1cccc(-c2nccnc2Oc2ccc(C(=O)c3nc4ccccc4[nH]3)cc2)c1. The quantitative estimate of drug-likeness (QED) is 0.385. The van der Waals surface area contributed by atoms with E-state index < -0.39 is 0 Å². The summed E-state index contributed by atoms with van der Waals surface area (Å²) in [6.45, 7) is 0. The van der Waals surface area contributed by atoms with Crippen LogP contribution in [0.3, 0.4) is 0 Å². The largest absolute Gasteiger partial charge is 0.497 e. The number of aromatic amines is 1. The van der Waals surface area contributed by atoms with Gasteiger partial charge in [0.05, 0.1) is 18.1 Å². The molecular formula is C25H18N4O3. The number of fused-ring (bicyclic) bond motifs is 1. The van der Waals surface area contributed by atoms with Crippen LogP contribution in [0.2, 0.25) is 0 Å². The number of methoxy groups -OCH3 is 1. The average molecular weight is 422 g/mol. The molecule has 0 saturated carbocycles. The maximum absolute atomic E-state index is 12.8. The van der Waals surface area contributed by atoms with Gasteiger partial charge in [0.25, 0.3) is 0 Å². The molecule has 0 fully saturated rings. The van der Waals surface area contributed by atoms with Crippen LogP contribution in [0.4, 0.5) is 0 Å². The predicted octanol–water partition coefficient (Wildman–Crippen LogP) is 5.05. The molecule has 0 aliphatic rings. The van der Waals surface area contributed by atoms with Gasteiger partial charge >= 0.3 is 0 Å². The maximum atomic E-state index is 12.8. The summed E-state index contributed by atoms with van der Waals surface area (Å²) in [5, 5.41) is 0. The second kappa shape index (κ2) is 8.31. The van der Waals surface area contributed by atoms with Crippen molar-refractivity contribution in [2.45, 2.75) is 0 Å². The van der Waals surface area contributed by atoms with Crippen molar-refractivity contribution >= 4 is 16.8 Å². The first kappa shape index (κ1) is 19.4.